The van der Waals surface area contributed by atoms with Crippen molar-refractivity contribution in [2.75, 3.05) is 43.1 Å². The van der Waals surface area contributed by atoms with E-state index in [1.807, 2.05) is 25.9 Å². The number of aromatic nitrogens is 4. The van der Waals surface area contributed by atoms with Crippen molar-refractivity contribution in [3.63, 3.8) is 0 Å². The van der Waals surface area contributed by atoms with Gasteiger partial charge in [-0.2, -0.15) is 23.3 Å². The summed E-state index contributed by atoms with van der Waals surface area (Å²) in [6, 6.07) is 9.48. The van der Waals surface area contributed by atoms with Crippen molar-refractivity contribution in [3.8, 4) is 0 Å². The number of halogens is 3. The van der Waals surface area contributed by atoms with E-state index >= 15 is 0 Å². The molecule has 0 bridgehead atoms. The maximum atomic E-state index is 13.0. The fourth-order valence-corrected chi connectivity index (χ4v) is 3.61. The standard InChI is InChI=1S/C25H27F3N8O/c1-15-8-9-16(23(37)31-18-7-5-6-17(13-18)25(26,27)28)12-20(15)32-21-19-14-30-24(29-10-11-35(2)3)33-22(19)36(4)34-21/h5-9,12-14H,10-11H2,1-4H3,(H,31,37)(H,32,34)(H,29,30,33). The molecule has 0 aliphatic carbocycles. The quantitative estimate of drug-likeness (QED) is 0.316. The number of likely N-dealkylation sites (N-methyl/N-ethyl adjacent to an activating group) is 1. The zero-order valence-corrected chi connectivity index (χ0v) is 20.8. The van der Waals surface area contributed by atoms with Crippen LogP contribution in [0, 0.1) is 6.92 Å². The third kappa shape index (κ3) is 6.15. The van der Waals surface area contributed by atoms with Gasteiger partial charge in [0.05, 0.1) is 10.9 Å². The molecule has 4 rings (SSSR count). The predicted molar refractivity (Wildman–Crippen MR) is 137 cm³/mol. The Balaban J connectivity index is 1.54. The third-order valence-electron chi connectivity index (χ3n) is 5.62. The lowest BCUT2D eigenvalue weighted by Gasteiger charge is -2.12. The van der Waals surface area contributed by atoms with Crippen LogP contribution in [0.3, 0.4) is 0 Å². The number of carbonyl (C=O) groups excluding carboxylic acids is 1. The molecule has 194 valence electrons. The Bertz CT molecular complexity index is 1430. The number of aryl methyl sites for hydroxylation is 2. The molecule has 2 heterocycles. The van der Waals surface area contributed by atoms with Gasteiger partial charge < -0.3 is 20.9 Å². The van der Waals surface area contributed by atoms with Crippen LogP contribution in [0.2, 0.25) is 0 Å². The molecule has 12 heteroatoms. The Morgan fingerprint density at radius 2 is 1.92 bits per heavy atom. The number of nitrogens with zero attached hydrogens (tertiary/aromatic N) is 5. The maximum absolute atomic E-state index is 13.0. The molecule has 0 aliphatic rings. The van der Waals surface area contributed by atoms with Crippen LogP contribution in [0.15, 0.2) is 48.7 Å². The van der Waals surface area contributed by atoms with Crippen molar-refractivity contribution in [2.24, 2.45) is 7.05 Å². The number of fused-ring (bicyclic) bond motifs is 1. The number of nitrogens with one attached hydrogen (secondary N) is 3. The minimum absolute atomic E-state index is 0.0535. The van der Waals surface area contributed by atoms with Gasteiger partial charge in [-0.25, -0.2) is 9.67 Å². The van der Waals surface area contributed by atoms with Gasteiger partial charge >= 0.3 is 6.18 Å². The van der Waals surface area contributed by atoms with E-state index in [0.717, 1.165) is 24.2 Å². The highest BCUT2D eigenvalue weighted by Gasteiger charge is 2.30. The number of anilines is 4. The van der Waals surface area contributed by atoms with Gasteiger partial charge in [-0.05, 0) is 56.9 Å². The SMILES string of the molecule is Cc1ccc(C(=O)Nc2cccc(C(F)(F)F)c2)cc1Nc1nn(C)c2nc(NCCN(C)C)ncc12. The van der Waals surface area contributed by atoms with E-state index in [2.05, 4.69) is 31.0 Å². The van der Waals surface area contributed by atoms with E-state index in [0.29, 0.717) is 35.0 Å². The minimum atomic E-state index is -4.50. The van der Waals surface area contributed by atoms with Crippen molar-refractivity contribution >= 4 is 40.1 Å². The Morgan fingerprint density at radius 1 is 1.14 bits per heavy atom. The molecule has 0 spiro atoms. The average molecular weight is 513 g/mol. The molecule has 0 saturated carbocycles. The van der Waals surface area contributed by atoms with Crippen LogP contribution in [-0.2, 0) is 13.2 Å². The lowest BCUT2D eigenvalue weighted by atomic mass is 10.1. The Kier molecular flexibility index (Phi) is 7.30. The summed E-state index contributed by atoms with van der Waals surface area (Å²) in [7, 11) is 5.74. The highest BCUT2D eigenvalue weighted by atomic mass is 19.4. The largest absolute Gasteiger partial charge is 0.416 e. The smallest absolute Gasteiger partial charge is 0.353 e. The van der Waals surface area contributed by atoms with E-state index < -0.39 is 17.6 Å². The number of hydrogen-bond acceptors (Lipinski definition) is 7. The number of rotatable bonds is 8. The van der Waals surface area contributed by atoms with E-state index in [9.17, 15) is 18.0 Å². The summed E-state index contributed by atoms with van der Waals surface area (Å²) in [5.41, 5.74) is 1.58. The van der Waals surface area contributed by atoms with Crippen molar-refractivity contribution in [1.82, 2.24) is 24.6 Å². The summed E-state index contributed by atoms with van der Waals surface area (Å²) in [4.78, 5) is 23.8. The predicted octanol–water partition coefficient (Wildman–Crippen LogP) is 4.66. The normalized spacial score (nSPS) is 11.7. The second-order valence-corrected chi connectivity index (χ2v) is 8.82. The monoisotopic (exact) mass is 512 g/mol. The van der Waals surface area contributed by atoms with Crippen LogP contribution in [0.1, 0.15) is 21.5 Å². The molecule has 0 saturated heterocycles. The van der Waals surface area contributed by atoms with Gasteiger partial charge in [-0.1, -0.05) is 12.1 Å². The van der Waals surface area contributed by atoms with E-state index in [4.69, 9.17) is 0 Å². The third-order valence-corrected chi connectivity index (χ3v) is 5.62. The van der Waals surface area contributed by atoms with Gasteiger partial charge in [0.1, 0.15) is 0 Å². The van der Waals surface area contributed by atoms with Crippen LogP contribution in [0.5, 0.6) is 0 Å². The lowest BCUT2D eigenvalue weighted by molar-refractivity contribution is -0.137. The topological polar surface area (TPSA) is 100 Å². The van der Waals surface area contributed by atoms with Gasteiger partial charge in [0, 0.05) is 43.3 Å². The maximum Gasteiger partial charge on any atom is 0.416 e. The molecule has 0 aliphatic heterocycles. The Morgan fingerprint density at radius 3 is 2.65 bits per heavy atom. The molecule has 0 radical (unpaired) electrons. The second-order valence-electron chi connectivity index (χ2n) is 8.82. The Labute approximate surface area is 211 Å². The van der Waals surface area contributed by atoms with Gasteiger partial charge in [0.25, 0.3) is 5.91 Å². The number of benzene rings is 2. The summed E-state index contributed by atoms with van der Waals surface area (Å²) in [6.45, 7) is 3.39. The summed E-state index contributed by atoms with van der Waals surface area (Å²) in [6.07, 6.45) is -2.82. The molecular formula is C25H27F3N8O. The number of hydrogen-bond donors (Lipinski definition) is 3. The zero-order valence-electron chi connectivity index (χ0n) is 20.8. The molecular weight excluding hydrogens is 485 g/mol. The first-order chi connectivity index (χ1) is 17.5. The van der Waals surface area contributed by atoms with Gasteiger partial charge in [0.2, 0.25) is 5.95 Å². The van der Waals surface area contributed by atoms with Gasteiger partial charge in [0.15, 0.2) is 11.5 Å². The highest BCUT2D eigenvalue weighted by molar-refractivity contribution is 6.05. The number of alkyl halides is 3. The first kappa shape index (κ1) is 25.9. The van der Waals surface area contributed by atoms with Crippen molar-refractivity contribution in [1.29, 1.82) is 0 Å². The summed E-state index contributed by atoms with van der Waals surface area (Å²) >= 11 is 0. The van der Waals surface area contributed by atoms with Crippen LogP contribution in [0.25, 0.3) is 11.0 Å². The summed E-state index contributed by atoms with van der Waals surface area (Å²) < 4.78 is 40.7. The molecule has 2 aromatic carbocycles. The zero-order chi connectivity index (χ0) is 26.7. The molecule has 2 aromatic heterocycles. The van der Waals surface area contributed by atoms with Crippen LogP contribution >= 0.6 is 0 Å². The molecule has 37 heavy (non-hydrogen) atoms. The number of amides is 1. The van der Waals surface area contributed by atoms with Crippen molar-refractivity contribution < 1.29 is 18.0 Å². The van der Waals surface area contributed by atoms with Crippen molar-refractivity contribution in [3.05, 3.63) is 65.4 Å². The summed E-state index contributed by atoms with van der Waals surface area (Å²) in [5.74, 6) is 0.467. The fourth-order valence-electron chi connectivity index (χ4n) is 3.61. The molecule has 0 atom stereocenters. The second kappa shape index (κ2) is 10.4. The fraction of sp³-hybridized carbons (Fsp3) is 0.280. The van der Waals surface area contributed by atoms with Crippen molar-refractivity contribution in [2.45, 2.75) is 13.1 Å². The van der Waals surface area contributed by atoms with Gasteiger partial charge in [-0.3, -0.25) is 4.79 Å². The first-order valence-electron chi connectivity index (χ1n) is 11.5. The first-order valence-corrected chi connectivity index (χ1v) is 11.5. The van der Waals surface area contributed by atoms with Gasteiger partial charge in [-0.15, -0.1) is 0 Å². The Hall–Kier alpha value is -4.19. The van der Waals surface area contributed by atoms with Crippen LogP contribution < -0.4 is 16.0 Å². The van der Waals surface area contributed by atoms with E-state index in [1.165, 1.54) is 12.1 Å². The van der Waals surface area contributed by atoms with E-state index in [1.54, 1.807) is 36.1 Å². The van der Waals surface area contributed by atoms with Crippen LogP contribution in [-0.4, -0.2) is 57.7 Å². The average Bonchev–Trinajstić information content (AvgIpc) is 3.14. The lowest BCUT2D eigenvalue weighted by Crippen LogP contribution is -2.21. The van der Waals surface area contributed by atoms with E-state index in [-0.39, 0.29) is 11.3 Å². The summed E-state index contributed by atoms with van der Waals surface area (Å²) in [5, 5.41) is 14.1. The highest BCUT2D eigenvalue weighted by Crippen LogP contribution is 2.31. The molecule has 3 N–H and O–H groups in total. The van der Waals surface area contributed by atoms with Crippen LogP contribution in [0.4, 0.5) is 36.3 Å². The molecule has 1 amide bonds. The molecule has 0 fully saturated rings. The molecule has 9 nitrogen and oxygen atoms in total. The minimum Gasteiger partial charge on any atom is -0.353 e. The number of carbonyl (C=O) groups is 1. The molecule has 0 unspecified atom stereocenters. The molecule has 4 aromatic rings.